The molecule has 122 valence electrons. The maximum atomic E-state index is 12.2. The normalized spacial score (nSPS) is 20.5. The molecule has 1 N–H and O–H groups in total. The number of amides is 1. The van der Waals surface area contributed by atoms with Crippen molar-refractivity contribution in [3.8, 4) is 6.07 Å². The highest BCUT2D eigenvalue weighted by Crippen LogP contribution is 2.35. The molecule has 1 fully saturated rings. The second-order valence-electron chi connectivity index (χ2n) is 5.59. The molecule has 7 heteroatoms. The number of non-ortho nitro benzene ring substituents is 1. The second-order valence-corrected chi connectivity index (χ2v) is 6.68. The van der Waals surface area contributed by atoms with Gasteiger partial charge in [0.1, 0.15) is 6.54 Å². The Morgan fingerprint density at radius 1 is 1.35 bits per heavy atom. The Bertz CT molecular complexity index is 598. The summed E-state index contributed by atoms with van der Waals surface area (Å²) in [5.74, 6) is 1.02. The van der Waals surface area contributed by atoms with E-state index in [0.29, 0.717) is 0 Å². The Balaban J connectivity index is 1.92. The van der Waals surface area contributed by atoms with E-state index in [-0.39, 0.29) is 30.0 Å². The summed E-state index contributed by atoms with van der Waals surface area (Å²) < 4.78 is 0. The number of nitriles is 1. The average Bonchev–Trinajstić information content (AvgIpc) is 2.58. The zero-order chi connectivity index (χ0) is 16.7. The Labute approximate surface area is 139 Å². The molecule has 0 saturated heterocycles. The van der Waals surface area contributed by atoms with Gasteiger partial charge in [0.2, 0.25) is 5.91 Å². The summed E-state index contributed by atoms with van der Waals surface area (Å²) in [5, 5.41) is 21.9. The van der Waals surface area contributed by atoms with E-state index in [9.17, 15) is 14.9 Å². The summed E-state index contributed by atoms with van der Waals surface area (Å²) >= 11 is 1.62. The summed E-state index contributed by atoms with van der Waals surface area (Å²) in [6.45, 7) is 0.0531. The van der Waals surface area contributed by atoms with E-state index >= 15 is 0 Å². The fourth-order valence-corrected chi connectivity index (χ4v) is 4.01. The summed E-state index contributed by atoms with van der Waals surface area (Å²) in [5.41, 5.74) is 0.0841. The van der Waals surface area contributed by atoms with E-state index < -0.39 is 4.92 Å². The minimum atomic E-state index is -0.412. The van der Waals surface area contributed by atoms with Gasteiger partial charge in [-0.3, -0.25) is 14.9 Å². The molecule has 6 nitrogen and oxygen atoms in total. The van der Waals surface area contributed by atoms with E-state index in [1.807, 2.05) is 6.07 Å². The number of carbonyl (C=O) groups excluding carboxylic acids is 1. The Morgan fingerprint density at radius 3 is 2.70 bits per heavy atom. The second kappa shape index (κ2) is 8.53. The number of hydrogen-bond acceptors (Lipinski definition) is 5. The van der Waals surface area contributed by atoms with Crippen LogP contribution in [-0.2, 0) is 4.79 Å². The molecule has 0 aliphatic heterocycles. The molecule has 0 bridgehead atoms. The van der Waals surface area contributed by atoms with Gasteiger partial charge in [-0.05, 0) is 30.9 Å². The van der Waals surface area contributed by atoms with Crippen LogP contribution in [0.25, 0.3) is 0 Å². The molecule has 2 unspecified atom stereocenters. The van der Waals surface area contributed by atoms with Gasteiger partial charge in [0.25, 0.3) is 5.69 Å². The maximum Gasteiger partial charge on any atom is 0.269 e. The lowest BCUT2D eigenvalue weighted by molar-refractivity contribution is -0.384. The largest absolute Gasteiger partial charge is 0.343 e. The highest BCUT2D eigenvalue weighted by molar-refractivity contribution is 7.99. The summed E-state index contributed by atoms with van der Waals surface area (Å²) in [4.78, 5) is 23.4. The van der Waals surface area contributed by atoms with E-state index in [0.717, 1.165) is 36.3 Å². The molecule has 23 heavy (non-hydrogen) atoms. The molecule has 1 aromatic carbocycles. The number of nitro benzene ring substituents is 1. The van der Waals surface area contributed by atoms with E-state index in [4.69, 9.17) is 5.26 Å². The molecule has 2 atom stereocenters. The standard InChI is InChI=1S/C16H19N3O3S/c17-9-10-18-16(20)15-4-2-1-3-12(15)11-23-14-7-5-13(6-8-14)19(21)22/h5-8,12,15H,1-4,10-11H2,(H,18,20). The molecule has 0 heterocycles. The zero-order valence-electron chi connectivity index (χ0n) is 12.7. The summed E-state index contributed by atoms with van der Waals surface area (Å²) in [6, 6.07) is 8.43. The van der Waals surface area contributed by atoms with Crippen LogP contribution in [0.4, 0.5) is 5.69 Å². The van der Waals surface area contributed by atoms with Crippen molar-refractivity contribution in [3.05, 3.63) is 34.4 Å². The smallest absolute Gasteiger partial charge is 0.269 e. The van der Waals surface area contributed by atoms with E-state index in [1.165, 1.54) is 12.1 Å². The molecule has 0 radical (unpaired) electrons. The minimum Gasteiger partial charge on any atom is -0.343 e. The van der Waals surface area contributed by atoms with Gasteiger partial charge in [-0.2, -0.15) is 5.26 Å². The Hall–Kier alpha value is -2.07. The molecular formula is C16H19N3O3S. The van der Waals surface area contributed by atoms with Crippen LogP contribution >= 0.6 is 11.8 Å². The molecule has 1 aliphatic carbocycles. The van der Waals surface area contributed by atoms with E-state index in [1.54, 1.807) is 23.9 Å². The zero-order valence-corrected chi connectivity index (χ0v) is 13.6. The third-order valence-corrected chi connectivity index (χ3v) is 5.30. The maximum absolute atomic E-state index is 12.2. The van der Waals surface area contributed by atoms with Crippen molar-refractivity contribution < 1.29 is 9.72 Å². The van der Waals surface area contributed by atoms with Crippen LogP contribution in [0.15, 0.2) is 29.2 Å². The van der Waals surface area contributed by atoms with Gasteiger partial charge in [0.15, 0.2) is 0 Å². The van der Waals surface area contributed by atoms with Crippen LogP contribution < -0.4 is 5.32 Å². The third kappa shape index (κ3) is 4.96. The quantitative estimate of drug-likeness (QED) is 0.373. The molecule has 1 amide bonds. The molecule has 0 aromatic heterocycles. The van der Waals surface area contributed by atoms with Gasteiger partial charge in [-0.1, -0.05) is 12.8 Å². The molecule has 1 saturated carbocycles. The number of carbonyl (C=O) groups is 1. The summed E-state index contributed by atoms with van der Waals surface area (Å²) in [7, 11) is 0. The number of hydrogen-bond donors (Lipinski definition) is 1. The first-order valence-electron chi connectivity index (χ1n) is 7.63. The minimum absolute atomic E-state index is 0.0273. The number of benzene rings is 1. The van der Waals surface area contributed by atoms with E-state index in [2.05, 4.69) is 5.32 Å². The first-order valence-corrected chi connectivity index (χ1v) is 8.62. The molecule has 2 rings (SSSR count). The lowest BCUT2D eigenvalue weighted by Crippen LogP contribution is -2.37. The first kappa shape index (κ1) is 17.3. The molecular weight excluding hydrogens is 314 g/mol. The van der Waals surface area contributed by atoms with Gasteiger partial charge in [0.05, 0.1) is 11.0 Å². The fourth-order valence-electron chi connectivity index (χ4n) is 2.88. The molecule has 1 aromatic rings. The molecule has 1 aliphatic rings. The van der Waals surface area contributed by atoms with Crippen LogP contribution in [0.3, 0.4) is 0 Å². The number of nitrogens with one attached hydrogen (secondary N) is 1. The van der Waals surface area contributed by atoms with Crippen LogP contribution in [0.5, 0.6) is 0 Å². The van der Waals surface area contributed by atoms with Crippen molar-refractivity contribution in [3.63, 3.8) is 0 Å². The van der Waals surface area contributed by atoms with Crippen LogP contribution in [0, 0.1) is 33.3 Å². The van der Waals surface area contributed by atoms with Gasteiger partial charge < -0.3 is 5.32 Å². The van der Waals surface area contributed by atoms with Gasteiger partial charge >= 0.3 is 0 Å². The van der Waals surface area contributed by atoms with Gasteiger partial charge in [-0.25, -0.2) is 0 Å². The van der Waals surface area contributed by atoms with Crippen LogP contribution in [0.2, 0.25) is 0 Å². The number of nitro groups is 1. The van der Waals surface area contributed by atoms with Gasteiger partial charge in [0, 0.05) is 28.7 Å². The monoisotopic (exact) mass is 333 g/mol. The van der Waals surface area contributed by atoms with Crippen molar-refractivity contribution >= 4 is 23.4 Å². The van der Waals surface area contributed by atoms with Crippen molar-refractivity contribution in [1.29, 1.82) is 5.26 Å². The lowest BCUT2D eigenvalue weighted by Gasteiger charge is -2.30. The Kier molecular flexibility index (Phi) is 6.41. The SMILES string of the molecule is N#CCNC(=O)C1CCCCC1CSc1ccc([N+](=O)[O-])cc1. The summed E-state index contributed by atoms with van der Waals surface area (Å²) in [6.07, 6.45) is 4.03. The first-order chi connectivity index (χ1) is 11.1. The highest BCUT2D eigenvalue weighted by atomic mass is 32.2. The van der Waals surface area contributed by atoms with Crippen molar-refractivity contribution in [2.75, 3.05) is 12.3 Å². The van der Waals surface area contributed by atoms with Gasteiger partial charge in [-0.15, -0.1) is 11.8 Å². The predicted octanol–water partition coefficient (Wildman–Crippen LogP) is 3.13. The van der Waals surface area contributed by atoms with Crippen LogP contribution in [-0.4, -0.2) is 23.1 Å². The molecule has 0 spiro atoms. The van der Waals surface area contributed by atoms with Crippen LogP contribution in [0.1, 0.15) is 25.7 Å². The lowest BCUT2D eigenvalue weighted by atomic mass is 9.80. The number of nitrogens with zero attached hydrogens (tertiary/aromatic N) is 2. The highest BCUT2D eigenvalue weighted by Gasteiger charge is 2.30. The number of thioether (sulfide) groups is 1. The Morgan fingerprint density at radius 2 is 2.04 bits per heavy atom. The fraction of sp³-hybridized carbons (Fsp3) is 0.500. The average molecular weight is 333 g/mol. The predicted molar refractivity (Wildman–Crippen MR) is 87.9 cm³/mol. The van der Waals surface area contributed by atoms with Crippen molar-refractivity contribution in [1.82, 2.24) is 5.32 Å². The van der Waals surface area contributed by atoms with Crippen molar-refractivity contribution in [2.24, 2.45) is 11.8 Å². The third-order valence-electron chi connectivity index (χ3n) is 4.10. The topological polar surface area (TPSA) is 96.0 Å². The van der Waals surface area contributed by atoms with Crippen molar-refractivity contribution in [2.45, 2.75) is 30.6 Å². The number of rotatable bonds is 6.